The fourth-order valence-electron chi connectivity index (χ4n) is 8.24. The Morgan fingerprint density at radius 1 is 0.478 bits per heavy atom. The molecule has 6 aromatic rings. The molecule has 9 rings (SSSR count). The highest BCUT2D eigenvalue weighted by molar-refractivity contribution is 7.79. The van der Waals surface area contributed by atoms with Crippen molar-refractivity contribution in [3.63, 3.8) is 0 Å². The third-order valence-corrected chi connectivity index (χ3v) is 13.7. The number of hydrogen-bond donors (Lipinski definition) is 3. The molecule has 0 amide bonds. The van der Waals surface area contributed by atoms with Gasteiger partial charge in [0.15, 0.2) is 7.14 Å². The predicted octanol–water partition coefficient (Wildman–Crippen LogP) is 9.52. The average Bonchev–Trinajstić information content (AvgIpc) is 3.94. The number of aromatic amines is 3. The van der Waals surface area contributed by atoms with Crippen molar-refractivity contribution in [2.75, 3.05) is 0 Å². The zero-order chi connectivity index (χ0) is 30.7. The molecule has 5 heterocycles. The van der Waals surface area contributed by atoms with Crippen LogP contribution in [-0.2, 0) is 17.4 Å². The van der Waals surface area contributed by atoms with Gasteiger partial charge < -0.3 is 19.5 Å². The van der Waals surface area contributed by atoms with Crippen LogP contribution in [0.4, 0.5) is 0 Å². The van der Waals surface area contributed by atoms with Gasteiger partial charge in [0.2, 0.25) is 0 Å². The van der Waals surface area contributed by atoms with Crippen LogP contribution in [0.2, 0.25) is 0 Å². The highest BCUT2D eigenvalue weighted by Gasteiger charge is 2.45. The van der Waals surface area contributed by atoms with Crippen LogP contribution in [0.1, 0.15) is 76.4 Å². The zero-order valence-corrected chi connectivity index (χ0v) is 26.6. The Labute approximate surface area is 269 Å². The molecule has 1 aliphatic carbocycles. The number of H-pyrrole nitrogens is 3. The van der Waals surface area contributed by atoms with Crippen molar-refractivity contribution in [3.05, 3.63) is 194 Å². The Balaban J connectivity index is 1.28. The van der Waals surface area contributed by atoms with Crippen molar-refractivity contribution in [3.8, 4) is 0 Å². The summed E-state index contributed by atoms with van der Waals surface area (Å²) in [4.78, 5) is 11.6. The molecule has 3 N–H and O–H groups in total. The molecule has 3 aromatic carbocycles. The van der Waals surface area contributed by atoms with E-state index in [1.165, 1.54) is 22.3 Å². The van der Waals surface area contributed by atoms with Crippen LogP contribution in [0.3, 0.4) is 0 Å². The SMILES string of the molecule is O=P1(c2ccccc2)C2=C3CCCC3=C1Cc1ccc([nH]1)C(c1ccccc1)c1ccc([nH]1)C(c1ccccc1)c1ccc([nH]1)C2. The first-order valence-corrected chi connectivity index (χ1v) is 18.1. The van der Waals surface area contributed by atoms with E-state index in [4.69, 9.17) is 0 Å². The summed E-state index contributed by atoms with van der Waals surface area (Å²) >= 11 is 0. The van der Waals surface area contributed by atoms with E-state index in [0.29, 0.717) is 12.8 Å². The van der Waals surface area contributed by atoms with E-state index in [-0.39, 0.29) is 11.8 Å². The number of rotatable bonds is 3. The van der Waals surface area contributed by atoms with Gasteiger partial charge in [-0.15, -0.1) is 0 Å². The van der Waals surface area contributed by atoms with Gasteiger partial charge in [-0.2, -0.15) is 0 Å². The minimum atomic E-state index is -3.02. The molecule has 4 nitrogen and oxygen atoms in total. The van der Waals surface area contributed by atoms with E-state index < -0.39 is 7.14 Å². The Bertz CT molecular complexity index is 2030. The van der Waals surface area contributed by atoms with Crippen LogP contribution in [0.15, 0.2) is 149 Å². The average molecular weight is 618 g/mol. The molecule has 46 heavy (non-hydrogen) atoms. The van der Waals surface area contributed by atoms with Crippen molar-refractivity contribution < 1.29 is 4.57 Å². The van der Waals surface area contributed by atoms with Gasteiger partial charge in [0.05, 0.1) is 11.8 Å². The lowest BCUT2D eigenvalue weighted by Crippen LogP contribution is -2.11. The quantitative estimate of drug-likeness (QED) is 0.170. The van der Waals surface area contributed by atoms with Gasteiger partial charge in [0.25, 0.3) is 0 Å². The third-order valence-electron chi connectivity index (χ3n) is 10.3. The van der Waals surface area contributed by atoms with Crippen molar-refractivity contribution in [2.45, 2.75) is 43.9 Å². The van der Waals surface area contributed by atoms with Gasteiger partial charge in [-0.05, 0) is 77.9 Å². The largest absolute Gasteiger partial charge is 0.361 e. The summed E-state index contributed by atoms with van der Waals surface area (Å²) in [5, 5.41) is 3.22. The summed E-state index contributed by atoms with van der Waals surface area (Å²) in [5.74, 6) is 0.00948. The van der Waals surface area contributed by atoms with Gasteiger partial charge in [0, 0.05) is 62.9 Å². The maximum Gasteiger partial charge on any atom is 0.164 e. The molecule has 0 saturated heterocycles. The second-order valence-electron chi connectivity index (χ2n) is 12.9. The molecule has 1 saturated carbocycles. The molecule has 2 aliphatic heterocycles. The Morgan fingerprint density at radius 3 is 1.37 bits per heavy atom. The molecule has 226 valence electrons. The van der Waals surface area contributed by atoms with Gasteiger partial charge in [0.1, 0.15) is 0 Å². The van der Waals surface area contributed by atoms with E-state index in [9.17, 15) is 0 Å². The summed E-state index contributed by atoms with van der Waals surface area (Å²) in [5.41, 5.74) is 12.0. The molecule has 8 bridgehead atoms. The topological polar surface area (TPSA) is 64.4 Å². The van der Waals surface area contributed by atoms with E-state index in [1.807, 2.05) is 18.2 Å². The molecule has 1 fully saturated rings. The fourth-order valence-corrected chi connectivity index (χ4v) is 11.8. The first-order chi connectivity index (χ1) is 22.7. The van der Waals surface area contributed by atoms with Gasteiger partial charge >= 0.3 is 0 Å². The fraction of sp³-hybridized carbons (Fsp3) is 0.171. The molecule has 2 unspecified atom stereocenters. The van der Waals surface area contributed by atoms with Crippen molar-refractivity contribution in [1.82, 2.24) is 15.0 Å². The summed E-state index contributed by atoms with van der Waals surface area (Å²) < 4.78 is 15.8. The van der Waals surface area contributed by atoms with Gasteiger partial charge in [-0.25, -0.2) is 0 Å². The summed E-state index contributed by atoms with van der Waals surface area (Å²) in [6, 6.07) is 45.1. The van der Waals surface area contributed by atoms with Crippen LogP contribution < -0.4 is 5.30 Å². The monoisotopic (exact) mass is 617 g/mol. The lowest BCUT2D eigenvalue weighted by atomic mass is 9.92. The second kappa shape index (κ2) is 10.9. The molecule has 0 spiro atoms. The molecule has 2 atom stereocenters. The third kappa shape index (κ3) is 4.39. The first kappa shape index (κ1) is 27.5. The van der Waals surface area contributed by atoms with Gasteiger partial charge in [-0.3, -0.25) is 0 Å². The molecular weight excluding hydrogens is 581 g/mol. The van der Waals surface area contributed by atoms with Crippen LogP contribution >= 0.6 is 7.14 Å². The maximum atomic E-state index is 15.8. The number of nitrogens with one attached hydrogen (secondary N) is 3. The number of fused-ring (bicyclic) bond motifs is 9. The normalized spacial score (nSPS) is 22.3. The molecule has 3 aromatic heterocycles. The highest BCUT2D eigenvalue weighted by Crippen LogP contribution is 2.70. The lowest BCUT2D eigenvalue weighted by molar-refractivity contribution is 0.587. The van der Waals surface area contributed by atoms with Crippen LogP contribution in [0.5, 0.6) is 0 Å². The number of hydrogen-bond acceptors (Lipinski definition) is 1. The summed E-state index contributed by atoms with van der Waals surface area (Å²) in [6.45, 7) is 0. The molecule has 5 heteroatoms. The number of aromatic nitrogens is 3. The maximum absolute atomic E-state index is 15.8. The predicted molar refractivity (Wildman–Crippen MR) is 186 cm³/mol. The van der Waals surface area contributed by atoms with E-state index in [2.05, 4.69) is 124 Å². The highest BCUT2D eigenvalue weighted by atomic mass is 31.2. The molecule has 0 radical (unpaired) electrons. The smallest absolute Gasteiger partial charge is 0.164 e. The summed E-state index contributed by atoms with van der Waals surface area (Å²) in [7, 11) is -3.02. The second-order valence-corrected chi connectivity index (χ2v) is 15.8. The van der Waals surface area contributed by atoms with Crippen LogP contribution in [0.25, 0.3) is 0 Å². The standard InChI is InChI=1S/C41H36N3OP/c45-46(31-15-8-3-9-16-31)38-25-29-19-21-34(42-29)40(27-11-4-1-5-12-27)36-23-24-37(44-36)41(28-13-6-2-7-14-28)35-22-20-30(43-35)26-39(46)33-18-10-17-32(33)38/h1-9,11-16,19-24,40-44H,10,17-18,25-26H2. The van der Waals surface area contributed by atoms with E-state index in [1.54, 1.807) is 0 Å². The van der Waals surface area contributed by atoms with Gasteiger partial charge in [-0.1, -0.05) is 91.0 Å². The van der Waals surface area contributed by atoms with E-state index in [0.717, 1.165) is 69.4 Å². The van der Waals surface area contributed by atoms with E-state index >= 15 is 4.57 Å². The Kier molecular flexibility index (Phi) is 6.54. The molecular formula is C41H36N3OP. The lowest BCUT2D eigenvalue weighted by Gasteiger charge is -2.23. The minimum Gasteiger partial charge on any atom is -0.361 e. The minimum absolute atomic E-state index is 0.00474. The first-order valence-electron chi connectivity index (χ1n) is 16.4. The Morgan fingerprint density at radius 2 is 0.891 bits per heavy atom. The van der Waals surface area contributed by atoms with Crippen molar-refractivity contribution in [1.29, 1.82) is 0 Å². The summed E-state index contributed by atoms with van der Waals surface area (Å²) in [6.07, 6.45) is 4.46. The van der Waals surface area contributed by atoms with Crippen LogP contribution in [0, 0.1) is 0 Å². The van der Waals surface area contributed by atoms with Crippen molar-refractivity contribution >= 4 is 12.4 Å². The van der Waals surface area contributed by atoms with Crippen LogP contribution in [-0.4, -0.2) is 15.0 Å². The zero-order valence-electron chi connectivity index (χ0n) is 25.7. The Hall–Kier alpha value is -4.79. The van der Waals surface area contributed by atoms with Crippen molar-refractivity contribution in [2.24, 2.45) is 0 Å². The number of benzene rings is 3. The number of allylic oxidation sites excluding steroid dienone is 4. The molecule has 3 aliphatic rings.